The van der Waals surface area contributed by atoms with E-state index in [-0.39, 0.29) is 24.2 Å². The van der Waals surface area contributed by atoms with E-state index in [1.165, 1.54) is 18.2 Å². The van der Waals surface area contributed by atoms with Gasteiger partial charge in [-0.1, -0.05) is 25.7 Å². The SMILES string of the molecule is Cc1nn(COCC[Si](C)(C)C)c2c1N=C(c1c(F)cccc1F)Nc1cnc(N3CCO[C@H](C)C3)cc1-2. The maximum atomic E-state index is 14.8. The van der Waals surface area contributed by atoms with Gasteiger partial charge in [-0.05, 0) is 38.1 Å². The number of hydrogen-bond acceptors (Lipinski definition) is 7. The van der Waals surface area contributed by atoms with Crippen LogP contribution in [0.25, 0.3) is 11.3 Å². The summed E-state index contributed by atoms with van der Waals surface area (Å²) in [4.78, 5) is 11.6. The molecule has 38 heavy (non-hydrogen) atoms. The van der Waals surface area contributed by atoms with E-state index in [0.717, 1.165) is 29.7 Å². The number of anilines is 2. The van der Waals surface area contributed by atoms with Gasteiger partial charge in [0, 0.05) is 33.3 Å². The van der Waals surface area contributed by atoms with Gasteiger partial charge >= 0.3 is 0 Å². The average Bonchev–Trinajstić information content (AvgIpc) is 3.05. The molecule has 4 heterocycles. The van der Waals surface area contributed by atoms with Crippen molar-refractivity contribution >= 4 is 31.1 Å². The van der Waals surface area contributed by atoms with Crippen molar-refractivity contribution in [2.45, 2.75) is 52.4 Å². The van der Waals surface area contributed by atoms with Gasteiger partial charge in [0.1, 0.15) is 35.7 Å². The van der Waals surface area contributed by atoms with E-state index in [4.69, 9.17) is 19.6 Å². The van der Waals surface area contributed by atoms with Crippen LogP contribution in [0.2, 0.25) is 25.7 Å². The molecule has 3 aromatic rings. The van der Waals surface area contributed by atoms with Crippen LogP contribution in [0.3, 0.4) is 0 Å². The Hall–Kier alpha value is -3.15. The van der Waals surface area contributed by atoms with Gasteiger partial charge in [0.05, 0.1) is 41.5 Å². The van der Waals surface area contributed by atoms with Gasteiger partial charge in [-0.25, -0.2) is 23.4 Å². The van der Waals surface area contributed by atoms with Gasteiger partial charge in [-0.15, -0.1) is 0 Å². The van der Waals surface area contributed by atoms with Crippen molar-refractivity contribution < 1.29 is 18.3 Å². The van der Waals surface area contributed by atoms with Gasteiger partial charge in [-0.2, -0.15) is 5.10 Å². The Labute approximate surface area is 222 Å². The predicted molar refractivity (Wildman–Crippen MR) is 148 cm³/mol. The molecule has 0 amide bonds. The van der Waals surface area contributed by atoms with Crippen LogP contribution in [-0.4, -0.2) is 61.1 Å². The van der Waals surface area contributed by atoms with Crippen LogP contribution in [0.5, 0.6) is 0 Å². The second-order valence-electron chi connectivity index (χ2n) is 11.0. The number of benzene rings is 1. The number of amidine groups is 1. The molecule has 0 saturated carbocycles. The Morgan fingerprint density at radius 2 is 1.97 bits per heavy atom. The molecule has 2 aliphatic heterocycles. The summed E-state index contributed by atoms with van der Waals surface area (Å²) in [5, 5.41) is 7.88. The number of halogens is 2. The monoisotopic (exact) mass is 540 g/mol. The minimum absolute atomic E-state index is 0.0671. The van der Waals surface area contributed by atoms with Crippen molar-refractivity contribution in [3.63, 3.8) is 0 Å². The van der Waals surface area contributed by atoms with Gasteiger partial charge < -0.3 is 19.7 Å². The lowest BCUT2D eigenvalue weighted by Crippen LogP contribution is -2.41. The van der Waals surface area contributed by atoms with Crippen LogP contribution in [0.1, 0.15) is 18.2 Å². The Morgan fingerprint density at radius 3 is 2.68 bits per heavy atom. The zero-order valence-corrected chi connectivity index (χ0v) is 23.5. The molecular formula is C27H34F2N6O2Si. The highest BCUT2D eigenvalue weighted by Gasteiger charge is 2.28. The molecule has 1 fully saturated rings. The van der Waals surface area contributed by atoms with E-state index >= 15 is 0 Å². The molecule has 0 bridgehead atoms. The van der Waals surface area contributed by atoms with Crippen LogP contribution in [0.15, 0.2) is 35.5 Å². The Morgan fingerprint density at radius 1 is 1.21 bits per heavy atom. The predicted octanol–water partition coefficient (Wildman–Crippen LogP) is 5.57. The van der Waals surface area contributed by atoms with Crippen molar-refractivity contribution in [3.8, 4) is 11.3 Å². The molecule has 8 nitrogen and oxygen atoms in total. The Kier molecular flexibility index (Phi) is 7.34. The van der Waals surface area contributed by atoms with Gasteiger partial charge in [0.2, 0.25) is 0 Å². The molecule has 0 aliphatic carbocycles. The van der Waals surface area contributed by atoms with Crippen molar-refractivity contribution in [3.05, 3.63) is 53.4 Å². The largest absolute Gasteiger partial charge is 0.375 e. The first-order valence-corrected chi connectivity index (χ1v) is 16.6. The fourth-order valence-corrected chi connectivity index (χ4v) is 5.40. The number of hydrogen-bond donors (Lipinski definition) is 1. The van der Waals surface area contributed by atoms with E-state index in [2.05, 4.69) is 34.8 Å². The summed E-state index contributed by atoms with van der Waals surface area (Å²) in [7, 11) is -1.26. The Bertz CT molecular complexity index is 1350. The van der Waals surface area contributed by atoms with E-state index in [9.17, 15) is 8.78 Å². The smallest absolute Gasteiger partial charge is 0.144 e. The van der Waals surface area contributed by atoms with E-state index in [1.807, 2.05) is 19.9 Å². The van der Waals surface area contributed by atoms with Crippen LogP contribution >= 0.6 is 0 Å². The fourth-order valence-electron chi connectivity index (χ4n) is 4.64. The normalized spacial score (nSPS) is 17.4. The molecule has 1 saturated heterocycles. The second-order valence-corrected chi connectivity index (χ2v) is 16.6. The van der Waals surface area contributed by atoms with Crippen LogP contribution < -0.4 is 10.2 Å². The number of nitrogens with one attached hydrogen (secondary N) is 1. The lowest BCUT2D eigenvalue weighted by molar-refractivity contribution is 0.0529. The van der Waals surface area contributed by atoms with Crippen LogP contribution in [0.4, 0.5) is 26.0 Å². The number of morpholine rings is 1. The number of nitrogens with zero attached hydrogens (tertiary/aromatic N) is 5. The minimum Gasteiger partial charge on any atom is -0.375 e. The number of aryl methyl sites for hydroxylation is 1. The summed E-state index contributed by atoms with van der Waals surface area (Å²) in [6.45, 7) is 13.7. The molecule has 1 N–H and O–H groups in total. The van der Waals surface area contributed by atoms with Gasteiger partial charge in [0.25, 0.3) is 0 Å². The van der Waals surface area contributed by atoms with Crippen molar-refractivity contribution in [1.29, 1.82) is 0 Å². The molecule has 0 unspecified atom stereocenters. The first kappa shape index (κ1) is 26.5. The molecule has 0 radical (unpaired) electrons. The summed E-state index contributed by atoms with van der Waals surface area (Å²) >= 11 is 0. The molecule has 2 aliphatic rings. The third-order valence-electron chi connectivity index (χ3n) is 6.69. The minimum atomic E-state index is -1.26. The van der Waals surface area contributed by atoms with E-state index in [0.29, 0.717) is 36.8 Å². The number of aliphatic imine (C=N–C) groups is 1. The molecular weight excluding hydrogens is 506 g/mol. The molecule has 0 spiro atoms. The third kappa shape index (κ3) is 5.50. The molecule has 5 rings (SSSR count). The van der Waals surface area contributed by atoms with Crippen molar-refractivity contribution in [1.82, 2.24) is 14.8 Å². The van der Waals surface area contributed by atoms with Crippen LogP contribution in [-0.2, 0) is 16.2 Å². The van der Waals surface area contributed by atoms with E-state index < -0.39 is 19.7 Å². The molecule has 2 aromatic heterocycles. The summed E-state index contributed by atoms with van der Waals surface area (Å²) in [5.41, 5.74) is 3.03. The molecule has 1 atom stereocenters. The fraction of sp³-hybridized carbons (Fsp3) is 0.444. The summed E-state index contributed by atoms with van der Waals surface area (Å²) in [5.74, 6) is -0.546. The second kappa shape index (κ2) is 10.5. The maximum Gasteiger partial charge on any atom is 0.144 e. The summed E-state index contributed by atoms with van der Waals surface area (Å²) in [6, 6.07) is 6.79. The number of fused-ring (bicyclic) bond motifs is 3. The average molecular weight is 541 g/mol. The highest BCUT2D eigenvalue weighted by Crippen LogP contribution is 2.42. The highest BCUT2D eigenvalue weighted by atomic mass is 28.3. The van der Waals surface area contributed by atoms with E-state index in [1.54, 1.807) is 10.9 Å². The standard InChI is InChI=1S/C27H34F2N6O2Si/c1-17-15-34(9-10-37-17)23-13-19-22(14-30-23)31-27(24-20(28)7-6-8-21(24)29)32-25-18(2)33-35(26(19)25)16-36-11-12-38(3,4)5/h6-8,13-14,17H,9-12,15-16H2,1-5H3,(H,31,32)/t17-/m1/s1. The molecule has 11 heteroatoms. The summed E-state index contributed by atoms with van der Waals surface area (Å²) < 4.78 is 43.2. The quantitative estimate of drug-likeness (QED) is 0.312. The number of pyridine rings is 1. The van der Waals surface area contributed by atoms with Crippen LogP contribution in [0, 0.1) is 18.6 Å². The summed E-state index contributed by atoms with van der Waals surface area (Å²) in [6.07, 6.45) is 1.77. The first-order valence-electron chi connectivity index (χ1n) is 12.9. The topological polar surface area (TPSA) is 76.8 Å². The zero-order chi connectivity index (χ0) is 27.0. The highest BCUT2D eigenvalue weighted by molar-refractivity contribution is 6.76. The lowest BCUT2D eigenvalue weighted by atomic mass is 10.1. The number of aromatic nitrogens is 3. The molecule has 202 valence electrons. The lowest BCUT2D eigenvalue weighted by Gasteiger charge is -2.32. The maximum absolute atomic E-state index is 14.8. The number of ether oxygens (including phenoxy) is 2. The Balaban J connectivity index is 1.60. The van der Waals surface area contributed by atoms with Crippen molar-refractivity contribution in [2.75, 3.05) is 36.5 Å². The third-order valence-corrected chi connectivity index (χ3v) is 8.40. The zero-order valence-electron chi connectivity index (χ0n) is 22.5. The molecule has 1 aromatic carbocycles. The van der Waals surface area contributed by atoms with Crippen molar-refractivity contribution in [2.24, 2.45) is 4.99 Å². The van der Waals surface area contributed by atoms with Gasteiger partial charge in [0.15, 0.2) is 0 Å². The van der Waals surface area contributed by atoms with Gasteiger partial charge in [-0.3, -0.25) is 0 Å². The first-order chi connectivity index (χ1) is 18.1. The number of rotatable bonds is 7.